The summed E-state index contributed by atoms with van der Waals surface area (Å²) < 4.78 is 51.9. The van der Waals surface area contributed by atoms with Crippen LogP contribution in [0.15, 0.2) is 23.1 Å². The molecule has 0 aromatic heterocycles. The first kappa shape index (κ1) is 17.6. The second-order valence-electron chi connectivity index (χ2n) is 6.28. The summed E-state index contributed by atoms with van der Waals surface area (Å²) in [5.74, 6) is -0.345. The van der Waals surface area contributed by atoms with Crippen LogP contribution in [0.4, 0.5) is 4.39 Å². The molecule has 2 N–H and O–H groups in total. The molecule has 2 unspecified atom stereocenters. The van der Waals surface area contributed by atoms with Crippen molar-refractivity contribution in [2.45, 2.75) is 30.2 Å². The van der Waals surface area contributed by atoms with Crippen LogP contribution in [0.3, 0.4) is 0 Å². The van der Waals surface area contributed by atoms with Gasteiger partial charge >= 0.3 is 0 Å². The zero-order valence-corrected chi connectivity index (χ0v) is 14.3. The number of benzene rings is 1. The van der Waals surface area contributed by atoms with Crippen LogP contribution in [0, 0.1) is 11.7 Å². The van der Waals surface area contributed by atoms with Crippen LogP contribution >= 0.6 is 0 Å². The van der Waals surface area contributed by atoms with Gasteiger partial charge in [-0.3, -0.25) is 0 Å². The summed E-state index contributed by atoms with van der Waals surface area (Å²) in [6, 6.07) is 3.88. The molecule has 134 valence electrons. The minimum atomic E-state index is -3.72. The first-order chi connectivity index (χ1) is 11.5. The molecule has 1 aromatic rings. The zero-order chi connectivity index (χ0) is 17.0. The van der Waals surface area contributed by atoms with Crippen LogP contribution in [0.25, 0.3) is 0 Å². The predicted molar refractivity (Wildman–Crippen MR) is 87.0 cm³/mol. The lowest BCUT2D eigenvalue weighted by atomic mass is 10.1. The predicted octanol–water partition coefficient (Wildman–Crippen LogP) is 1.27. The molecule has 2 aliphatic heterocycles. The molecule has 6 nitrogen and oxygen atoms in total. The molecule has 2 heterocycles. The van der Waals surface area contributed by atoms with Crippen molar-refractivity contribution in [2.24, 2.45) is 5.92 Å². The monoisotopic (exact) mass is 358 g/mol. The third-order valence-electron chi connectivity index (χ3n) is 4.39. The highest BCUT2D eigenvalue weighted by molar-refractivity contribution is 7.89. The van der Waals surface area contributed by atoms with Gasteiger partial charge in [0.25, 0.3) is 0 Å². The Morgan fingerprint density at radius 3 is 2.92 bits per heavy atom. The summed E-state index contributed by atoms with van der Waals surface area (Å²) in [6.07, 6.45) is 2.88. The Hall–Kier alpha value is -1.22. The summed E-state index contributed by atoms with van der Waals surface area (Å²) in [4.78, 5) is -0.0884. The van der Waals surface area contributed by atoms with Crippen molar-refractivity contribution in [1.29, 1.82) is 0 Å². The van der Waals surface area contributed by atoms with Crippen LogP contribution in [0.2, 0.25) is 0 Å². The maximum absolute atomic E-state index is 14.1. The lowest BCUT2D eigenvalue weighted by Crippen LogP contribution is -2.37. The number of ether oxygens (including phenoxy) is 2. The van der Waals surface area contributed by atoms with Gasteiger partial charge in [-0.1, -0.05) is 0 Å². The number of hydrogen-bond acceptors (Lipinski definition) is 5. The van der Waals surface area contributed by atoms with Crippen molar-refractivity contribution in [1.82, 2.24) is 10.0 Å². The smallest absolute Gasteiger partial charge is 0.240 e. The van der Waals surface area contributed by atoms with Crippen molar-refractivity contribution < 1.29 is 22.3 Å². The Balaban J connectivity index is 1.59. The van der Waals surface area contributed by atoms with E-state index in [1.165, 1.54) is 12.1 Å². The Bertz CT molecular complexity index is 656. The summed E-state index contributed by atoms with van der Waals surface area (Å²) in [7, 11) is -3.72. The van der Waals surface area contributed by atoms with Crippen LogP contribution in [-0.2, 0) is 14.8 Å². The van der Waals surface area contributed by atoms with Gasteiger partial charge in [-0.15, -0.1) is 0 Å². The SMILES string of the molecule is O=S(=O)(NCC1CCCN1)c1ccc(OCC2CCOC2)c(F)c1. The van der Waals surface area contributed by atoms with Crippen molar-refractivity contribution in [3.8, 4) is 5.75 Å². The summed E-state index contributed by atoms with van der Waals surface area (Å²) >= 11 is 0. The Morgan fingerprint density at radius 1 is 1.38 bits per heavy atom. The third-order valence-corrected chi connectivity index (χ3v) is 5.82. The van der Waals surface area contributed by atoms with Gasteiger partial charge in [0.2, 0.25) is 10.0 Å². The highest BCUT2D eigenvalue weighted by Crippen LogP contribution is 2.23. The maximum Gasteiger partial charge on any atom is 0.240 e. The average molecular weight is 358 g/mol. The molecule has 0 radical (unpaired) electrons. The highest BCUT2D eigenvalue weighted by Gasteiger charge is 2.21. The molecule has 8 heteroatoms. The number of halogens is 1. The molecule has 0 aliphatic carbocycles. The fraction of sp³-hybridized carbons (Fsp3) is 0.625. The van der Waals surface area contributed by atoms with Gasteiger partial charge < -0.3 is 14.8 Å². The van der Waals surface area contributed by atoms with Crippen LogP contribution in [-0.4, -0.2) is 47.4 Å². The van der Waals surface area contributed by atoms with E-state index in [1.54, 1.807) is 0 Å². The highest BCUT2D eigenvalue weighted by atomic mass is 32.2. The van der Waals surface area contributed by atoms with Gasteiger partial charge in [0, 0.05) is 25.1 Å². The Morgan fingerprint density at radius 2 is 2.25 bits per heavy atom. The molecule has 2 aliphatic rings. The largest absolute Gasteiger partial charge is 0.490 e. The van der Waals surface area contributed by atoms with Gasteiger partial charge in [0.05, 0.1) is 18.1 Å². The molecule has 2 fully saturated rings. The minimum Gasteiger partial charge on any atom is -0.490 e. The van der Waals surface area contributed by atoms with E-state index in [1.807, 2.05) is 0 Å². The van der Waals surface area contributed by atoms with Crippen LogP contribution in [0.1, 0.15) is 19.3 Å². The third kappa shape index (κ3) is 4.44. The lowest BCUT2D eigenvalue weighted by Gasteiger charge is -2.14. The second kappa shape index (κ2) is 7.77. The zero-order valence-electron chi connectivity index (χ0n) is 13.5. The van der Waals surface area contributed by atoms with Crippen molar-refractivity contribution >= 4 is 10.0 Å². The molecule has 0 saturated carbocycles. The van der Waals surface area contributed by atoms with Crippen molar-refractivity contribution in [3.05, 3.63) is 24.0 Å². The number of rotatable bonds is 7. The summed E-state index contributed by atoms with van der Waals surface area (Å²) in [6.45, 7) is 2.90. The van der Waals surface area contributed by atoms with E-state index < -0.39 is 15.8 Å². The Labute approximate surface area is 141 Å². The normalized spacial score (nSPS) is 24.4. The van der Waals surface area contributed by atoms with Crippen molar-refractivity contribution in [3.63, 3.8) is 0 Å². The Kier molecular flexibility index (Phi) is 5.70. The van der Waals surface area contributed by atoms with E-state index in [9.17, 15) is 12.8 Å². The molecule has 0 spiro atoms. The van der Waals surface area contributed by atoms with Crippen LogP contribution in [0.5, 0.6) is 5.75 Å². The first-order valence-corrected chi connectivity index (χ1v) is 9.76. The quantitative estimate of drug-likeness (QED) is 0.768. The fourth-order valence-electron chi connectivity index (χ4n) is 2.91. The number of nitrogens with one attached hydrogen (secondary N) is 2. The lowest BCUT2D eigenvalue weighted by molar-refractivity contribution is 0.165. The van der Waals surface area contributed by atoms with Gasteiger partial charge in [-0.05, 0) is 44.0 Å². The van der Waals surface area contributed by atoms with E-state index in [0.29, 0.717) is 26.4 Å². The number of sulfonamides is 1. The van der Waals surface area contributed by atoms with E-state index in [0.717, 1.165) is 31.9 Å². The molecule has 2 atom stereocenters. The molecule has 3 rings (SSSR count). The topological polar surface area (TPSA) is 76.7 Å². The van der Waals surface area contributed by atoms with Gasteiger partial charge in [-0.25, -0.2) is 17.5 Å². The molecule has 0 amide bonds. The summed E-state index contributed by atoms with van der Waals surface area (Å²) in [5.41, 5.74) is 0. The molecular weight excluding hydrogens is 335 g/mol. The van der Waals surface area contributed by atoms with Gasteiger partial charge in [0.15, 0.2) is 11.6 Å². The molecule has 1 aromatic carbocycles. The number of hydrogen-bond donors (Lipinski definition) is 2. The standard InChI is InChI=1S/C16H23FN2O4S/c17-15-8-14(24(20,21)19-9-13-2-1-6-18-13)3-4-16(15)23-11-12-5-7-22-10-12/h3-4,8,12-13,18-19H,1-2,5-7,9-11H2. The van der Waals surface area contributed by atoms with Crippen LogP contribution < -0.4 is 14.8 Å². The van der Waals surface area contributed by atoms with Gasteiger partial charge in [-0.2, -0.15) is 0 Å². The molecule has 0 bridgehead atoms. The van der Waals surface area contributed by atoms with E-state index >= 15 is 0 Å². The second-order valence-corrected chi connectivity index (χ2v) is 8.04. The minimum absolute atomic E-state index is 0.0679. The molecular formula is C16H23FN2O4S. The molecule has 24 heavy (non-hydrogen) atoms. The maximum atomic E-state index is 14.1. The first-order valence-electron chi connectivity index (χ1n) is 8.28. The van der Waals surface area contributed by atoms with E-state index in [2.05, 4.69) is 10.0 Å². The fourth-order valence-corrected chi connectivity index (χ4v) is 4.01. The van der Waals surface area contributed by atoms with Gasteiger partial charge in [0.1, 0.15) is 0 Å². The average Bonchev–Trinajstić information content (AvgIpc) is 3.25. The molecule has 2 saturated heterocycles. The van der Waals surface area contributed by atoms with E-state index in [4.69, 9.17) is 9.47 Å². The van der Waals surface area contributed by atoms with E-state index in [-0.39, 0.29) is 22.6 Å². The summed E-state index contributed by atoms with van der Waals surface area (Å²) in [5, 5.41) is 3.21. The van der Waals surface area contributed by atoms with Crippen molar-refractivity contribution in [2.75, 3.05) is 32.9 Å².